The number of hydrogen-bond donors (Lipinski definition) is 3. The summed E-state index contributed by atoms with van der Waals surface area (Å²) in [5.41, 5.74) is 0.236. The average molecular weight is 480 g/mol. The molecule has 0 radical (unpaired) electrons. The van der Waals surface area contributed by atoms with Gasteiger partial charge in [-0.3, -0.25) is 4.79 Å². The number of methoxy groups -OCH3 is 1. The summed E-state index contributed by atoms with van der Waals surface area (Å²) in [6.45, 7) is 4.23. The SMILES string of the molecule is CO[C@H](C)[C@H]1C(=O)Nc2c(C)nc(N[C@H]3C[C@@H](CNc4cnc(C(F)(F)F)cn4)C3)nc2N1C. The topological polar surface area (TPSA) is 117 Å². The molecule has 2 aliphatic rings. The number of nitrogens with one attached hydrogen (secondary N) is 3. The van der Waals surface area contributed by atoms with Crippen molar-refractivity contribution in [3.63, 3.8) is 0 Å². The Bertz CT molecular complexity index is 1040. The molecule has 2 aromatic rings. The highest BCUT2D eigenvalue weighted by atomic mass is 19.4. The van der Waals surface area contributed by atoms with Gasteiger partial charge in [-0.2, -0.15) is 18.2 Å². The second kappa shape index (κ2) is 9.20. The summed E-state index contributed by atoms with van der Waals surface area (Å²) in [6, 6.07) is -0.341. The lowest BCUT2D eigenvalue weighted by Gasteiger charge is -2.38. The van der Waals surface area contributed by atoms with Crippen LogP contribution in [0.15, 0.2) is 12.4 Å². The second-order valence-electron chi connectivity index (χ2n) is 8.66. The molecular weight excluding hydrogens is 453 g/mol. The summed E-state index contributed by atoms with van der Waals surface area (Å²) in [7, 11) is 3.37. The first-order valence-corrected chi connectivity index (χ1v) is 10.9. The molecule has 1 saturated carbocycles. The van der Waals surface area contributed by atoms with Gasteiger partial charge < -0.3 is 25.6 Å². The zero-order valence-electron chi connectivity index (χ0n) is 19.3. The van der Waals surface area contributed by atoms with Gasteiger partial charge in [0.25, 0.3) is 0 Å². The summed E-state index contributed by atoms with van der Waals surface area (Å²) in [4.78, 5) is 30.6. The molecule has 34 heavy (non-hydrogen) atoms. The minimum Gasteiger partial charge on any atom is -0.379 e. The number of carbonyl (C=O) groups is 1. The van der Waals surface area contributed by atoms with E-state index in [4.69, 9.17) is 4.74 Å². The molecule has 10 nitrogen and oxygen atoms in total. The van der Waals surface area contributed by atoms with Crippen LogP contribution >= 0.6 is 0 Å². The number of carbonyl (C=O) groups excluding carboxylic acids is 1. The lowest BCUT2D eigenvalue weighted by molar-refractivity contribution is -0.141. The van der Waals surface area contributed by atoms with E-state index in [-0.39, 0.29) is 18.1 Å². The van der Waals surface area contributed by atoms with Crippen LogP contribution in [0.3, 0.4) is 0 Å². The Morgan fingerprint density at radius 1 is 1.26 bits per heavy atom. The van der Waals surface area contributed by atoms with Gasteiger partial charge in [-0.15, -0.1) is 0 Å². The van der Waals surface area contributed by atoms with Crippen molar-refractivity contribution in [3.05, 3.63) is 23.8 Å². The monoisotopic (exact) mass is 480 g/mol. The number of fused-ring (bicyclic) bond motifs is 1. The van der Waals surface area contributed by atoms with Gasteiger partial charge in [0.15, 0.2) is 11.5 Å². The molecule has 1 aliphatic heterocycles. The summed E-state index contributed by atoms with van der Waals surface area (Å²) in [6.07, 6.45) is -1.32. The van der Waals surface area contributed by atoms with Crippen molar-refractivity contribution in [1.82, 2.24) is 19.9 Å². The molecular formula is C21H27F3N8O2. The van der Waals surface area contributed by atoms with E-state index < -0.39 is 17.9 Å². The number of aromatic nitrogens is 4. The van der Waals surface area contributed by atoms with Crippen LogP contribution in [0, 0.1) is 12.8 Å². The number of ether oxygens (including phenoxy) is 1. The maximum Gasteiger partial charge on any atom is 0.434 e. The van der Waals surface area contributed by atoms with E-state index in [0.717, 1.165) is 25.2 Å². The van der Waals surface area contributed by atoms with Crippen molar-refractivity contribution in [2.24, 2.45) is 5.92 Å². The molecule has 4 rings (SSSR count). The van der Waals surface area contributed by atoms with Crippen LogP contribution in [-0.4, -0.2) is 64.7 Å². The van der Waals surface area contributed by atoms with E-state index in [1.54, 1.807) is 12.0 Å². The van der Waals surface area contributed by atoms with Crippen LogP contribution < -0.4 is 20.9 Å². The molecule has 1 amide bonds. The largest absolute Gasteiger partial charge is 0.434 e. The van der Waals surface area contributed by atoms with Crippen LogP contribution in [0.25, 0.3) is 0 Å². The van der Waals surface area contributed by atoms with Crippen molar-refractivity contribution < 1.29 is 22.7 Å². The smallest absolute Gasteiger partial charge is 0.379 e. The van der Waals surface area contributed by atoms with E-state index in [9.17, 15) is 18.0 Å². The van der Waals surface area contributed by atoms with Crippen molar-refractivity contribution in [1.29, 1.82) is 0 Å². The molecule has 1 aliphatic carbocycles. The van der Waals surface area contributed by atoms with Gasteiger partial charge in [0.05, 0.1) is 24.2 Å². The molecule has 1 fully saturated rings. The van der Waals surface area contributed by atoms with Gasteiger partial charge in [-0.1, -0.05) is 0 Å². The highest BCUT2D eigenvalue weighted by Crippen LogP contribution is 2.35. The molecule has 0 bridgehead atoms. The number of anilines is 4. The lowest BCUT2D eigenvalue weighted by atomic mass is 9.80. The minimum absolute atomic E-state index is 0.163. The van der Waals surface area contributed by atoms with Gasteiger partial charge >= 0.3 is 6.18 Å². The Morgan fingerprint density at radius 2 is 2.00 bits per heavy atom. The Balaban J connectivity index is 1.32. The van der Waals surface area contributed by atoms with Crippen LogP contribution in [0.4, 0.5) is 36.4 Å². The third kappa shape index (κ3) is 4.83. The zero-order valence-corrected chi connectivity index (χ0v) is 19.3. The lowest BCUT2D eigenvalue weighted by Crippen LogP contribution is -2.53. The molecule has 184 valence electrons. The van der Waals surface area contributed by atoms with Crippen LogP contribution in [-0.2, 0) is 15.7 Å². The fourth-order valence-electron chi connectivity index (χ4n) is 4.20. The first-order chi connectivity index (χ1) is 16.1. The second-order valence-corrected chi connectivity index (χ2v) is 8.66. The zero-order chi connectivity index (χ0) is 24.6. The molecule has 0 unspecified atom stereocenters. The van der Waals surface area contributed by atoms with E-state index in [2.05, 4.69) is 35.9 Å². The third-order valence-electron chi connectivity index (χ3n) is 6.24. The first kappa shape index (κ1) is 23.9. The van der Waals surface area contributed by atoms with Crippen molar-refractivity contribution >= 4 is 29.2 Å². The van der Waals surface area contributed by atoms with Crippen molar-refractivity contribution in [2.75, 3.05) is 41.6 Å². The van der Waals surface area contributed by atoms with E-state index in [1.165, 1.54) is 0 Å². The predicted molar refractivity (Wildman–Crippen MR) is 120 cm³/mol. The summed E-state index contributed by atoms with van der Waals surface area (Å²) in [5, 5.41) is 9.26. The summed E-state index contributed by atoms with van der Waals surface area (Å²) in [5.74, 6) is 1.58. The van der Waals surface area contributed by atoms with E-state index in [1.807, 2.05) is 20.9 Å². The highest BCUT2D eigenvalue weighted by Gasteiger charge is 2.38. The minimum atomic E-state index is -4.50. The normalized spacial score (nSPS) is 23.0. The fraction of sp³-hybridized carbons (Fsp3) is 0.571. The summed E-state index contributed by atoms with van der Waals surface area (Å²) >= 11 is 0. The van der Waals surface area contributed by atoms with Crippen LogP contribution in [0.2, 0.25) is 0 Å². The van der Waals surface area contributed by atoms with Gasteiger partial charge in [0.1, 0.15) is 17.5 Å². The Labute approximate surface area is 194 Å². The molecule has 0 spiro atoms. The van der Waals surface area contributed by atoms with E-state index in [0.29, 0.717) is 41.4 Å². The fourth-order valence-corrected chi connectivity index (χ4v) is 4.20. The number of aryl methyl sites for hydroxylation is 1. The quantitative estimate of drug-likeness (QED) is 0.550. The van der Waals surface area contributed by atoms with Crippen molar-refractivity contribution in [3.8, 4) is 0 Å². The Kier molecular flexibility index (Phi) is 6.47. The molecule has 3 N–H and O–H groups in total. The number of halogens is 3. The number of alkyl halides is 3. The molecule has 13 heteroatoms. The number of hydrogen-bond acceptors (Lipinski definition) is 9. The number of amides is 1. The van der Waals surface area contributed by atoms with E-state index >= 15 is 0 Å². The van der Waals surface area contributed by atoms with Gasteiger partial charge in [0.2, 0.25) is 11.9 Å². The average Bonchev–Trinajstić information content (AvgIpc) is 2.75. The molecule has 2 atom stereocenters. The molecule has 3 heterocycles. The molecule has 0 saturated heterocycles. The number of rotatable bonds is 7. The van der Waals surface area contributed by atoms with Gasteiger partial charge in [0, 0.05) is 26.7 Å². The Hall–Kier alpha value is -3.22. The van der Waals surface area contributed by atoms with Gasteiger partial charge in [-0.25, -0.2) is 15.0 Å². The maximum atomic E-state index is 12.6. The highest BCUT2D eigenvalue weighted by molar-refractivity contribution is 6.03. The predicted octanol–water partition coefficient (Wildman–Crippen LogP) is 2.69. The van der Waals surface area contributed by atoms with Gasteiger partial charge in [-0.05, 0) is 32.6 Å². The van der Waals surface area contributed by atoms with Crippen LogP contribution in [0.1, 0.15) is 31.2 Å². The molecule has 0 aromatic carbocycles. The van der Waals surface area contributed by atoms with Crippen LogP contribution in [0.5, 0.6) is 0 Å². The Morgan fingerprint density at radius 3 is 2.62 bits per heavy atom. The maximum absolute atomic E-state index is 12.6. The summed E-state index contributed by atoms with van der Waals surface area (Å²) < 4.78 is 43.1. The first-order valence-electron chi connectivity index (χ1n) is 10.9. The molecule has 2 aromatic heterocycles. The number of nitrogens with zero attached hydrogens (tertiary/aromatic N) is 5. The third-order valence-corrected chi connectivity index (χ3v) is 6.24. The van der Waals surface area contributed by atoms with Crippen molar-refractivity contribution in [2.45, 2.75) is 51.1 Å². The standard InChI is InChI=1S/C21H27F3N8O2/c1-10-16-18(32(3)17(11(2)34-4)19(33)30-16)31-20(28-10)29-13-5-12(6-13)7-26-15-9-25-14(8-27-15)21(22,23)24/h8-9,11-13,17H,5-7H2,1-4H3,(H,26,27)(H,30,33)(H,28,29,31)/t11-,12-,13+,17+/m1/s1. The number of likely N-dealkylation sites (N-methyl/N-ethyl adjacent to an activating group) is 1.